The Hall–Kier alpha value is -2.24. The van der Waals surface area contributed by atoms with E-state index in [1.54, 1.807) is 4.90 Å². The van der Waals surface area contributed by atoms with E-state index in [1.165, 1.54) is 29.1 Å². The quantitative estimate of drug-likeness (QED) is 0.817. The number of halogens is 1. The number of benzene rings is 1. The Balaban J connectivity index is 2.26. The molecule has 0 saturated heterocycles. The maximum Gasteiger partial charge on any atom is 0.261 e. The highest BCUT2D eigenvalue weighted by Crippen LogP contribution is 2.09. The second kappa shape index (κ2) is 7.55. The Morgan fingerprint density at radius 1 is 1.21 bits per heavy atom. The fourth-order valence-corrected chi connectivity index (χ4v) is 2.65. The lowest BCUT2D eigenvalue weighted by Crippen LogP contribution is -2.40. The summed E-state index contributed by atoms with van der Waals surface area (Å²) in [6.45, 7) is 9.46. The topological polar surface area (TPSA) is 55.2 Å². The van der Waals surface area contributed by atoms with Crippen LogP contribution in [0.1, 0.15) is 27.7 Å². The van der Waals surface area contributed by atoms with E-state index in [0.29, 0.717) is 35.8 Å². The van der Waals surface area contributed by atoms with Gasteiger partial charge < -0.3 is 4.90 Å². The number of nitrogens with zero attached hydrogens (tertiary/aromatic N) is 3. The molecule has 0 fully saturated rings. The van der Waals surface area contributed by atoms with Crippen LogP contribution in [0, 0.1) is 17.7 Å². The molecule has 0 aliphatic carbocycles. The summed E-state index contributed by atoms with van der Waals surface area (Å²) in [6.07, 6.45) is 1.31. The van der Waals surface area contributed by atoms with Crippen molar-refractivity contribution in [3.63, 3.8) is 0 Å². The summed E-state index contributed by atoms with van der Waals surface area (Å²) in [7, 11) is 0. The molecule has 5 nitrogen and oxygen atoms in total. The van der Waals surface area contributed by atoms with E-state index in [4.69, 9.17) is 0 Å². The molecule has 0 bridgehead atoms. The smallest absolute Gasteiger partial charge is 0.261 e. The van der Waals surface area contributed by atoms with Gasteiger partial charge in [0.1, 0.15) is 12.4 Å². The first kappa shape index (κ1) is 18.1. The zero-order chi connectivity index (χ0) is 17.9. The van der Waals surface area contributed by atoms with E-state index in [-0.39, 0.29) is 18.0 Å². The van der Waals surface area contributed by atoms with Crippen molar-refractivity contribution >= 4 is 16.8 Å². The average molecular weight is 333 g/mol. The number of rotatable bonds is 6. The Labute approximate surface area is 141 Å². The summed E-state index contributed by atoms with van der Waals surface area (Å²) < 4.78 is 14.5. The van der Waals surface area contributed by atoms with Crippen molar-refractivity contribution in [3.05, 3.63) is 40.7 Å². The molecule has 2 aromatic rings. The van der Waals surface area contributed by atoms with E-state index in [1.807, 2.05) is 0 Å². The predicted molar refractivity (Wildman–Crippen MR) is 92.2 cm³/mol. The maximum atomic E-state index is 13.2. The number of amides is 1. The summed E-state index contributed by atoms with van der Waals surface area (Å²) >= 11 is 0. The van der Waals surface area contributed by atoms with Gasteiger partial charge in [-0.2, -0.15) is 0 Å². The molecule has 0 aliphatic rings. The zero-order valence-electron chi connectivity index (χ0n) is 14.6. The molecule has 6 heteroatoms. The second-order valence-electron chi connectivity index (χ2n) is 6.93. The fraction of sp³-hybridized carbons (Fsp3) is 0.500. The van der Waals surface area contributed by atoms with E-state index >= 15 is 0 Å². The normalized spacial score (nSPS) is 11.5. The van der Waals surface area contributed by atoms with Gasteiger partial charge in [-0.1, -0.05) is 27.7 Å². The predicted octanol–water partition coefficient (Wildman–Crippen LogP) is 2.68. The highest BCUT2D eigenvalue weighted by molar-refractivity contribution is 5.79. The molecule has 1 aromatic heterocycles. The van der Waals surface area contributed by atoms with Crippen LogP contribution in [0.2, 0.25) is 0 Å². The van der Waals surface area contributed by atoms with Crippen LogP contribution in [0.5, 0.6) is 0 Å². The minimum atomic E-state index is -0.441. The van der Waals surface area contributed by atoms with Crippen LogP contribution in [0.15, 0.2) is 29.3 Å². The van der Waals surface area contributed by atoms with E-state index in [2.05, 4.69) is 32.7 Å². The zero-order valence-corrected chi connectivity index (χ0v) is 14.6. The monoisotopic (exact) mass is 333 g/mol. The number of carbonyl (C=O) groups is 1. The number of aromatic nitrogens is 2. The molecule has 130 valence electrons. The molecule has 0 atom stereocenters. The molecular weight excluding hydrogens is 309 g/mol. The highest BCUT2D eigenvalue weighted by Gasteiger charge is 2.17. The minimum Gasteiger partial charge on any atom is -0.341 e. The number of hydrogen-bond donors (Lipinski definition) is 0. The van der Waals surface area contributed by atoms with Crippen molar-refractivity contribution in [3.8, 4) is 0 Å². The van der Waals surface area contributed by atoms with Crippen molar-refractivity contribution in [2.75, 3.05) is 13.1 Å². The number of hydrogen-bond acceptors (Lipinski definition) is 3. The Morgan fingerprint density at radius 3 is 2.42 bits per heavy atom. The minimum absolute atomic E-state index is 0.0570. The molecule has 0 unspecified atom stereocenters. The van der Waals surface area contributed by atoms with Gasteiger partial charge in [-0.25, -0.2) is 9.37 Å². The molecule has 1 heterocycles. The summed E-state index contributed by atoms with van der Waals surface area (Å²) in [5.74, 6) is 0.148. The lowest BCUT2D eigenvalue weighted by Gasteiger charge is -2.26. The molecule has 0 aliphatic heterocycles. The third kappa shape index (κ3) is 4.40. The lowest BCUT2D eigenvalue weighted by atomic mass is 10.1. The Kier molecular flexibility index (Phi) is 5.70. The largest absolute Gasteiger partial charge is 0.341 e. The fourth-order valence-electron chi connectivity index (χ4n) is 2.65. The van der Waals surface area contributed by atoms with E-state index in [0.717, 1.165) is 0 Å². The summed E-state index contributed by atoms with van der Waals surface area (Å²) in [5.41, 5.74) is -0.0349. The van der Waals surface area contributed by atoms with Crippen LogP contribution in [0.3, 0.4) is 0 Å². The first-order valence-electron chi connectivity index (χ1n) is 8.20. The first-order chi connectivity index (χ1) is 11.3. The highest BCUT2D eigenvalue weighted by atomic mass is 19.1. The first-order valence-corrected chi connectivity index (χ1v) is 8.20. The van der Waals surface area contributed by atoms with Gasteiger partial charge in [0, 0.05) is 19.2 Å². The molecule has 0 N–H and O–H groups in total. The Bertz CT molecular complexity index is 773. The van der Waals surface area contributed by atoms with Crippen LogP contribution in [0.25, 0.3) is 10.9 Å². The van der Waals surface area contributed by atoms with Gasteiger partial charge in [-0.15, -0.1) is 0 Å². The summed E-state index contributed by atoms with van der Waals surface area (Å²) in [4.78, 5) is 31.0. The van der Waals surface area contributed by atoms with Gasteiger partial charge in [-0.05, 0) is 24.0 Å². The van der Waals surface area contributed by atoms with Gasteiger partial charge in [0.2, 0.25) is 5.91 Å². The lowest BCUT2D eigenvalue weighted by molar-refractivity contribution is -0.133. The third-order valence-corrected chi connectivity index (χ3v) is 3.62. The molecular formula is C18H24FN3O2. The molecule has 24 heavy (non-hydrogen) atoms. The second-order valence-corrected chi connectivity index (χ2v) is 6.93. The molecule has 1 aromatic carbocycles. The van der Waals surface area contributed by atoms with Crippen molar-refractivity contribution in [2.45, 2.75) is 34.2 Å². The molecule has 1 amide bonds. The van der Waals surface area contributed by atoms with Gasteiger partial charge >= 0.3 is 0 Å². The van der Waals surface area contributed by atoms with E-state index < -0.39 is 5.82 Å². The van der Waals surface area contributed by atoms with Gasteiger partial charge in [0.05, 0.1) is 17.2 Å². The summed E-state index contributed by atoms with van der Waals surface area (Å²) in [6, 6.07) is 3.84. The van der Waals surface area contributed by atoms with Crippen LogP contribution >= 0.6 is 0 Å². The van der Waals surface area contributed by atoms with Gasteiger partial charge in [-0.3, -0.25) is 14.2 Å². The third-order valence-electron chi connectivity index (χ3n) is 3.62. The molecule has 0 saturated carbocycles. The van der Waals surface area contributed by atoms with Crippen molar-refractivity contribution in [2.24, 2.45) is 11.8 Å². The standard InChI is InChI=1S/C18H24FN3O2/c1-12(2)8-21(9-13(3)4)17(23)10-22-11-20-16-7-14(19)5-6-15(16)18(22)24/h5-7,11-13H,8-10H2,1-4H3. The molecule has 2 rings (SSSR count). The van der Waals surface area contributed by atoms with Crippen molar-refractivity contribution < 1.29 is 9.18 Å². The van der Waals surface area contributed by atoms with Crippen LogP contribution in [-0.2, 0) is 11.3 Å². The van der Waals surface area contributed by atoms with Crippen LogP contribution < -0.4 is 5.56 Å². The van der Waals surface area contributed by atoms with Crippen LogP contribution in [-0.4, -0.2) is 33.4 Å². The van der Waals surface area contributed by atoms with E-state index in [9.17, 15) is 14.0 Å². The molecule has 0 radical (unpaired) electrons. The maximum absolute atomic E-state index is 13.2. The molecule has 0 spiro atoms. The van der Waals surface area contributed by atoms with Crippen molar-refractivity contribution in [1.82, 2.24) is 14.5 Å². The number of fused-ring (bicyclic) bond motifs is 1. The SMILES string of the molecule is CC(C)CN(CC(C)C)C(=O)Cn1cnc2cc(F)ccc2c1=O. The van der Waals surface area contributed by atoms with Gasteiger partial charge in [0.15, 0.2) is 0 Å². The number of carbonyl (C=O) groups excluding carboxylic acids is 1. The van der Waals surface area contributed by atoms with Crippen molar-refractivity contribution in [1.29, 1.82) is 0 Å². The average Bonchev–Trinajstić information content (AvgIpc) is 2.48. The Morgan fingerprint density at radius 2 is 1.83 bits per heavy atom. The van der Waals surface area contributed by atoms with Crippen LogP contribution in [0.4, 0.5) is 4.39 Å². The summed E-state index contributed by atoms with van der Waals surface area (Å²) in [5, 5.41) is 0.311. The van der Waals surface area contributed by atoms with Gasteiger partial charge in [0.25, 0.3) is 5.56 Å².